The normalized spacial score (nSPS) is 11.4. The molecule has 2 aromatic rings. The highest BCUT2D eigenvalue weighted by atomic mass is 35.5. The fourth-order valence-electron chi connectivity index (χ4n) is 1.80. The van der Waals surface area contributed by atoms with Crippen molar-refractivity contribution in [3.05, 3.63) is 46.5 Å². The summed E-state index contributed by atoms with van der Waals surface area (Å²) in [5, 5.41) is 3.51. The van der Waals surface area contributed by atoms with Crippen molar-refractivity contribution >= 4 is 18.1 Å². The minimum Gasteiger partial charge on any atom is -0.396 e. The monoisotopic (exact) mass is 327 g/mol. The lowest BCUT2D eigenvalue weighted by Crippen LogP contribution is -2.29. The Bertz CT molecular complexity index is 684. The van der Waals surface area contributed by atoms with Gasteiger partial charge in [0.1, 0.15) is 0 Å². The third-order valence-corrected chi connectivity index (χ3v) is 2.97. The van der Waals surface area contributed by atoms with Gasteiger partial charge in [-0.15, -0.1) is 12.4 Å². The van der Waals surface area contributed by atoms with Gasteiger partial charge in [-0.25, -0.2) is 13.2 Å². The van der Waals surface area contributed by atoms with Gasteiger partial charge >= 0.3 is 6.05 Å². The van der Waals surface area contributed by atoms with Crippen molar-refractivity contribution in [3.63, 3.8) is 0 Å². The molecule has 0 bridgehead atoms. The Morgan fingerprint density at radius 1 is 1.10 bits per heavy atom. The first kappa shape index (κ1) is 17.2. The molecule has 21 heavy (non-hydrogen) atoms. The Balaban J connectivity index is 0.00000220. The summed E-state index contributed by atoms with van der Waals surface area (Å²) in [6, 6.07) is -3.10. The molecule has 1 aromatic heterocycles. The number of hydrogen-bond donors (Lipinski definition) is 1. The summed E-state index contributed by atoms with van der Waals surface area (Å²) in [6.45, 7) is 2.66. The lowest BCUT2D eigenvalue weighted by Gasteiger charge is -2.19. The highest BCUT2D eigenvalue weighted by molar-refractivity contribution is 5.85. The molecule has 1 heterocycles. The van der Waals surface area contributed by atoms with E-state index in [0.29, 0.717) is 12.1 Å². The second-order valence-electron chi connectivity index (χ2n) is 4.26. The summed E-state index contributed by atoms with van der Waals surface area (Å²) in [5.41, 5.74) is 4.26. The zero-order chi connectivity index (χ0) is 15.2. The van der Waals surface area contributed by atoms with E-state index in [1.165, 1.54) is 13.8 Å². The van der Waals surface area contributed by atoms with E-state index in [2.05, 4.69) is 5.10 Å². The van der Waals surface area contributed by atoms with Gasteiger partial charge in [-0.2, -0.15) is 18.6 Å². The van der Waals surface area contributed by atoms with E-state index in [1.807, 2.05) is 0 Å². The topological polar surface area (TPSA) is 43.8 Å². The largest absolute Gasteiger partial charge is 0.396 e. The number of halogens is 6. The third kappa shape index (κ3) is 2.55. The molecule has 0 unspecified atom stereocenters. The molecule has 9 heteroatoms. The smallest absolute Gasteiger partial charge is 0.373 e. The molecule has 1 aromatic carbocycles. The molecular formula is C12H11ClF5N3. The van der Waals surface area contributed by atoms with E-state index >= 15 is 0 Å². The van der Waals surface area contributed by atoms with Crippen LogP contribution in [0.4, 0.5) is 27.6 Å². The van der Waals surface area contributed by atoms with Crippen molar-refractivity contribution in [2.75, 3.05) is 5.73 Å². The van der Waals surface area contributed by atoms with Crippen LogP contribution >= 0.6 is 12.4 Å². The van der Waals surface area contributed by atoms with Crippen LogP contribution < -0.4 is 5.73 Å². The van der Waals surface area contributed by atoms with Crippen molar-refractivity contribution in [1.29, 1.82) is 0 Å². The van der Waals surface area contributed by atoms with Gasteiger partial charge in [0, 0.05) is 0 Å². The van der Waals surface area contributed by atoms with Crippen molar-refractivity contribution in [2.45, 2.75) is 19.9 Å². The minimum absolute atomic E-state index is 0. The molecule has 116 valence electrons. The van der Waals surface area contributed by atoms with Crippen molar-refractivity contribution < 1.29 is 22.0 Å². The molecule has 3 nitrogen and oxygen atoms in total. The van der Waals surface area contributed by atoms with Crippen LogP contribution in [-0.4, -0.2) is 9.78 Å². The fraction of sp³-hybridized carbons (Fsp3) is 0.250. The van der Waals surface area contributed by atoms with Crippen LogP contribution in [0.25, 0.3) is 0 Å². The van der Waals surface area contributed by atoms with Crippen LogP contribution in [0.15, 0.2) is 12.1 Å². The molecule has 0 saturated carbocycles. The maximum Gasteiger partial charge on any atom is 0.373 e. The van der Waals surface area contributed by atoms with Gasteiger partial charge in [-0.1, -0.05) is 0 Å². The lowest BCUT2D eigenvalue weighted by molar-refractivity contribution is -0.0537. The molecule has 0 saturated heterocycles. The molecule has 0 fully saturated rings. The van der Waals surface area contributed by atoms with Gasteiger partial charge in [0.05, 0.1) is 22.6 Å². The second-order valence-corrected chi connectivity index (χ2v) is 4.26. The Labute approximate surface area is 123 Å². The number of nitrogens with two attached hydrogens (primary N) is 1. The first-order chi connectivity index (χ1) is 9.17. The zero-order valence-electron chi connectivity index (χ0n) is 10.9. The highest BCUT2D eigenvalue weighted by Crippen LogP contribution is 2.35. The Morgan fingerprint density at radius 3 is 2.14 bits per heavy atom. The molecule has 0 aliphatic carbocycles. The van der Waals surface area contributed by atoms with E-state index in [0.717, 1.165) is 0 Å². The van der Waals surface area contributed by atoms with Crippen LogP contribution in [0, 0.1) is 31.3 Å². The van der Waals surface area contributed by atoms with E-state index < -0.39 is 29.1 Å². The highest BCUT2D eigenvalue weighted by Gasteiger charge is 2.41. The van der Waals surface area contributed by atoms with Gasteiger partial charge in [-0.3, -0.25) is 0 Å². The zero-order valence-corrected chi connectivity index (χ0v) is 11.7. The predicted molar refractivity (Wildman–Crippen MR) is 69.0 cm³/mol. The maximum absolute atomic E-state index is 14.2. The molecule has 0 aliphatic rings. The molecule has 0 aliphatic heterocycles. The first-order valence-electron chi connectivity index (χ1n) is 5.52. The summed E-state index contributed by atoms with van der Waals surface area (Å²) < 4.78 is 68.0. The molecule has 0 amide bonds. The van der Waals surface area contributed by atoms with E-state index in [-0.39, 0.29) is 34.2 Å². The van der Waals surface area contributed by atoms with E-state index in [4.69, 9.17) is 5.73 Å². The summed E-state index contributed by atoms with van der Waals surface area (Å²) in [4.78, 5) is 0. The van der Waals surface area contributed by atoms with E-state index in [1.54, 1.807) is 0 Å². The molecule has 0 radical (unpaired) electrons. The van der Waals surface area contributed by atoms with Crippen LogP contribution in [0.3, 0.4) is 0 Å². The van der Waals surface area contributed by atoms with Gasteiger partial charge in [-0.05, 0) is 26.0 Å². The van der Waals surface area contributed by atoms with Crippen LogP contribution in [0.2, 0.25) is 0 Å². The molecule has 2 N–H and O–H groups in total. The van der Waals surface area contributed by atoms with Gasteiger partial charge in [0.15, 0.2) is 17.5 Å². The quantitative estimate of drug-likeness (QED) is 0.677. The number of aryl methyl sites for hydroxylation is 1. The number of hydrogen-bond acceptors (Lipinski definition) is 2. The van der Waals surface area contributed by atoms with Crippen molar-refractivity contribution in [2.24, 2.45) is 0 Å². The number of aromatic nitrogens is 2. The third-order valence-electron chi connectivity index (χ3n) is 2.97. The standard InChI is InChI=1S/C12H10F5N3.ClH/c1-5-11(18)6(2)20(19-5)12(16,17)7-3-4-8(13)10(15)9(7)14;/h3-4H,18H2,1-2H3;1H. The summed E-state index contributed by atoms with van der Waals surface area (Å²) >= 11 is 0. The number of anilines is 1. The molecule has 2 rings (SSSR count). The van der Waals surface area contributed by atoms with E-state index in [9.17, 15) is 22.0 Å². The summed E-state index contributed by atoms with van der Waals surface area (Å²) in [5.74, 6) is -5.47. The first-order valence-corrected chi connectivity index (χ1v) is 5.52. The Morgan fingerprint density at radius 2 is 1.67 bits per heavy atom. The van der Waals surface area contributed by atoms with Crippen LogP contribution in [0.1, 0.15) is 17.0 Å². The van der Waals surface area contributed by atoms with Crippen LogP contribution in [-0.2, 0) is 6.05 Å². The summed E-state index contributed by atoms with van der Waals surface area (Å²) in [7, 11) is 0. The summed E-state index contributed by atoms with van der Waals surface area (Å²) in [6.07, 6.45) is 0. The van der Waals surface area contributed by atoms with Crippen LogP contribution in [0.5, 0.6) is 0 Å². The predicted octanol–water partition coefficient (Wildman–Crippen LogP) is 3.52. The minimum atomic E-state index is -3.99. The lowest BCUT2D eigenvalue weighted by atomic mass is 10.1. The Kier molecular flexibility index (Phi) is 4.52. The maximum atomic E-state index is 14.2. The number of alkyl halides is 2. The Hall–Kier alpha value is -1.83. The number of nitrogen functional groups attached to an aromatic ring is 1. The second kappa shape index (κ2) is 5.51. The average molecular weight is 328 g/mol. The average Bonchev–Trinajstić information content (AvgIpc) is 2.64. The van der Waals surface area contributed by atoms with Gasteiger partial charge in [0.25, 0.3) is 0 Å². The molecular weight excluding hydrogens is 317 g/mol. The SMILES string of the molecule is Cc1nn(C(F)(F)c2ccc(F)c(F)c2F)c(C)c1N.Cl. The van der Waals surface area contributed by atoms with Gasteiger partial charge < -0.3 is 5.73 Å². The van der Waals surface area contributed by atoms with Crippen molar-refractivity contribution in [3.8, 4) is 0 Å². The number of nitrogens with zero attached hydrogens (tertiary/aromatic N) is 2. The molecule has 0 spiro atoms. The number of benzene rings is 1. The van der Waals surface area contributed by atoms with Crippen molar-refractivity contribution in [1.82, 2.24) is 9.78 Å². The van der Waals surface area contributed by atoms with Gasteiger partial charge in [0.2, 0.25) is 0 Å². The number of rotatable bonds is 2. The molecule has 0 atom stereocenters. The fourth-order valence-corrected chi connectivity index (χ4v) is 1.80.